The van der Waals surface area contributed by atoms with Gasteiger partial charge in [-0.2, -0.15) is 19.5 Å². The minimum atomic E-state index is -3.68. The summed E-state index contributed by atoms with van der Waals surface area (Å²) in [5.74, 6) is 1.15. The van der Waals surface area contributed by atoms with Gasteiger partial charge in [0.1, 0.15) is 23.3 Å². The highest BCUT2D eigenvalue weighted by Crippen LogP contribution is 2.33. The molecule has 0 atom stereocenters. The maximum absolute atomic E-state index is 13.5. The predicted octanol–water partition coefficient (Wildman–Crippen LogP) is 2.89. The molecule has 1 aromatic carbocycles. The Balaban J connectivity index is 1.35. The summed E-state index contributed by atoms with van der Waals surface area (Å²) < 4.78 is 39.5. The molecule has 13 heteroatoms. The SMILES string of the molecule is COc1cc(S(=O)(=O)N2CCC(N3CCOCC3)CC2)ccc1Nc1nc(NC(C)C)c2c(C#N)c[nH]c2n1. The van der Waals surface area contributed by atoms with Crippen LogP contribution in [0.4, 0.5) is 17.5 Å². The summed E-state index contributed by atoms with van der Waals surface area (Å²) in [6, 6.07) is 7.38. The number of nitriles is 1. The summed E-state index contributed by atoms with van der Waals surface area (Å²) in [4.78, 5) is 14.7. The highest BCUT2D eigenvalue weighted by molar-refractivity contribution is 7.89. The van der Waals surface area contributed by atoms with Crippen LogP contribution in [0.2, 0.25) is 0 Å². The summed E-state index contributed by atoms with van der Waals surface area (Å²) in [7, 11) is -2.19. The van der Waals surface area contributed by atoms with Crippen molar-refractivity contribution in [2.45, 2.75) is 43.7 Å². The quantitative estimate of drug-likeness (QED) is 0.379. The molecular weight excluding hydrogens is 520 g/mol. The minimum Gasteiger partial charge on any atom is -0.495 e. The molecule has 2 aliphatic rings. The fourth-order valence-electron chi connectivity index (χ4n) is 5.15. The van der Waals surface area contributed by atoms with Crippen LogP contribution < -0.4 is 15.4 Å². The number of nitrogens with one attached hydrogen (secondary N) is 3. The number of methoxy groups -OCH3 is 1. The molecular formula is C26H34N8O4S. The number of hydrogen-bond acceptors (Lipinski definition) is 10. The standard InChI is InChI=1S/C26H34N8O4S/c1-17(2)29-25-23-18(15-27)16-28-24(23)31-26(32-25)30-21-5-4-20(14-22(21)37-3)39(35,36)34-8-6-19(7-9-34)33-10-12-38-13-11-33/h4-5,14,16-17,19H,6-13H2,1-3H3,(H3,28,29,30,31,32). The lowest BCUT2D eigenvalue weighted by molar-refractivity contribution is 0.00610. The van der Waals surface area contributed by atoms with Crippen LogP contribution in [0.3, 0.4) is 0 Å². The molecule has 0 spiro atoms. The van der Waals surface area contributed by atoms with Crippen LogP contribution in [-0.2, 0) is 14.8 Å². The third kappa shape index (κ3) is 5.65. The lowest BCUT2D eigenvalue weighted by atomic mass is 10.0. The third-order valence-corrected chi connectivity index (χ3v) is 9.01. The second kappa shape index (κ2) is 11.4. The average Bonchev–Trinajstić information content (AvgIpc) is 3.37. The molecule has 0 saturated carbocycles. The van der Waals surface area contributed by atoms with Gasteiger partial charge in [-0.25, -0.2) is 8.42 Å². The van der Waals surface area contributed by atoms with Crippen molar-refractivity contribution in [3.63, 3.8) is 0 Å². The number of aromatic nitrogens is 3. The second-order valence-corrected chi connectivity index (χ2v) is 11.9. The number of nitrogens with zero attached hydrogens (tertiary/aromatic N) is 5. The van der Waals surface area contributed by atoms with Gasteiger partial charge in [-0.05, 0) is 38.8 Å². The van der Waals surface area contributed by atoms with Gasteiger partial charge < -0.3 is 25.1 Å². The Morgan fingerprint density at radius 3 is 2.59 bits per heavy atom. The molecule has 2 saturated heterocycles. The minimum absolute atomic E-state index is 0.0790. The van der Waals surface area contributed by atoms with Gasteiger partial charge in [-0.1, -0.05) is 0 Å². The first-order chi connectivity index (χ1) is 18.8. The number of morpholine rings is 1. The van der Waals surface area contributed by atoms with Crippen molar-refractivity contribution < 1.29 is 17.9 Å². The first kappa shape index (κ1) is 27.1. The largest absolute Gasteiger partial charge is 0.495 e. The summed E-state index contributed by atoms with van der Waals surface area (Å²) in [6.07, 6.45) is 3.20. The molecule has 5 rings (SSSR count). The molecule has 2 fully saturated rings. The van der Waals surface area contributed by atoms with E-state index in [9.17, 15) is 13.7 Å². The summed E-state index contributed by atoms with van der Waals surface area (Å²) in [5, 5.41) is 16.5. The molecule has 0 bridgehead atoms. The lowest BCUT2D eigenvalue weighted by Gasteiger charge is -2.39. The fourth-order valence-corrected chi connectivity index (χ4v) is 6.64. The van der Waals surface area contributed by atoms with Crippen molar-refractivity contribution in [2.75, 3.05) is 57.1 Å². The number of aromatic amines is 1. The molecule has 0 amide bonds. The summed E-state index contributed by atoms with van der Waals surface area (Å²) in [6.45, 7) is 8.19. The maximum Gasteiger partial charge on any atom is 0.243 e. The van der Waals surface area contributed by atoms with Gasteiger partial charge in [0, 0.05) is 50.5 Å². The fraction of sp³-hybridized carbons (Fsp3) is 0.500. The first-order valence-corrected chi connectivity index (χ1v) is 14.6. The van der Waals surface area contributed by atoms with Gasteiger partial charge >= 0.3 is 0 Å². The molecule has 3 N–H and O–H groups in total. The number of piperidine rings is 1. The number of hydrogen-bond donors (Lipinski definition) is 3. The van der Waals surface area contributed by atoms with Gasteiger partial charge in [0.15, 0.2) is 0 Å². The van der Waals surface area contributed by atoms with Crippen molar-refractivity contribution >= 4 is 38.5 Å². The van der Waals surface area contributed by atoms with Gasteiger partial charge in [-0.15, -0.1) is 0 Å². The Labute approximate surface area is 228 Å². The van der Waals surface area contributed by atoms with E-state index in [-0.39, 0.29) is 16.9 Å². The van der Waals surface area contributed by atoms with Crippen molar-refractivity contribution in [3.8, 4) is 11.8 Å². The van der Waals surface area contributed by atoms with E-state index in [2.05, 4.69) is 36.6 Å². The number of fused-ring (bicyclic) bond motifs is 1. The van der Waals surface area contributed by atoms with E-state index in [0.717, 1.165) is 39.1 Å². The van der Waals surface area contributed by atoms with E-state index in [1.165, 1.54) is 13.2 Å². The molecule has 0 aliphatic carbocycles. The number of benzene rings is 1. The molecule has 0 unspecified atom stereocenters. The Morgan fingerprint density at radius 1 is 1.18 bits per heavy atom. The zero-order valence-electron chi connectivity index (χ0n) is 22.4. The smallest absolute Gasteiger partial charge is 0.243 e. The van der Waals surface area contributed by atoms with E-state index in [1.54, 1.807) is 22.6 Å². The van der Waals surface area contributed by atoms with Crippen molar-refractivity contribution in [1.29, 1.82) is 5.26 Å². The van der Waals surface area contributed by atoms with Crippen molar-refractivity contribution in [3.05, 3.63) is 30.0 Å². The first-order valence-electron chi connectivity index (χ1n) is 13.1. The Morgan fingerprint density at radius 2 is 1.92 bits per heavy atom. The van der Waals surface area contributed by atoms with Gasteiger partial charge in [-0.3, -0.25) is 4.90 Å². The predicted molar refractivity (Wildman–Crippen MR) is 148 cm³/mol. The summed E-state index contributed by atoms with van der Waals surface area (Å²) >= 11 is 0. The zero-order chi connectivity index (χ0) is 27.6. The van der Waals surface area contributed by atoms with Gasteiger partial charge in [0.05, 0.1) is 41.9 Å². The normalized spacial score (nSPS) is 17.8. The van der Waals surface area contributed by atoms with E-state index in [4.69, 9.17) is 9.47 Å². The Hall–Kier alpha value is -3.44. The topological polar surface area (TPSA) is 148 Å². The number of ether oxygens (including phenoxy) is 2. The zero-order valence-corrected chi connectivity index (χ0v) is 23.2. The van der Waals surface area contributed by atoms with Gasteiger partial charge in [0.25, 0.3) is 0 Å². The van der Waals surface area contributed by atoms with E-state index < -0.39 is 10.0 Å². The summed E-state index contributed by atoms with van der Waals surface area (Å²) in [5.41, 5.74) is 1.47. The number of sulfonamides is 1. The highest BCUT2D eigenvalue weighted by atomic mass is 32.2. The van der Waals surface area contributed by atoms with E-state index in [0.29, 0.717) is 53.0 Å². The van der Waals surface area contributed by atoms with Crippen LogP contribution in [-0.4, -0.2) is 91.2 Å². The van der Waals surface area contributed by atoms with Crippen LogP contribution in [0.15, 0.2) is 29.3 Å². The molecule has 0 radical (unpaired) electrons. The third-order valence-electron chi connectivity index (χ3n) is 7.12. The molecule has 12 nitrogen and oxygen atoms in total. The molecule has 3 aromatic rings. The van der Waals surface area contributed by atoms with Crippen LogP contribution >= 0.6 is 0 Å². The van der Waals surface area contributed by atoms with Crippen LogP contribution in [0.1, 0.15) is 32.3 Å². The molecule has 2 aliphatic heterocycles. The van der Waals surface area contributed by atoms with Crippen molar-refractivity contribution in [2.24, 2.45) is 0 Å². The monoisotopic (exact) mass is 554 g/mol. The molecule has 39 heavy (non-hydrogen) atoms. The van der Waals surface area contributed by atoms with Crippen molar-refractivity contribution in [1.82, 2.24) is 24.2 Å². The van der Waals surface area contributed by atoms with Gasteiger partial charge in [0.2, 0.25) is 16.0 Å². The molecule has 2 aromatic heterocycles. The van der Waals surface area contributed by atoms with Crippen LogP contribution in [0, 0.1) is 11.3 Å². The second-order valence-electron chi connectivity index (χ2n) is 10.0. The maximum atomic E-state index is 13.5. The van der Waals surface area contributed by atoms with E-state index in [1.807, 2.05) is 13.8 Å². The number of anilines is 3. The lowest BCUT2D eigenvalue weighted by Crippen LogP contribution is -2.50. The number of H-pyrrole nitrogens is 1. The Kier molecular flexibility index (Phi) is 7.90. The van der Waals surface area contributed by atoms with Crippen LogP contribution in [0.25, 0.3) is 11.0 Å². The highest BCUT2D eigenvalue weighted by Gasteiger charge is 2.32. The van der Waals surface area contributed by atoms with E-state index >= 15 is 0 Å². The molecule has 4 heterocycles. The average molecular weight is 555 g/mol. The Bertz CT molecular complexity index is 1470. The number of rotatable bonds is 8. The van der Waals surface area contributed by atoms with Crippen LogP contribution in [0.5, 0.6) is 5.75 Å². The molecule has 208 valence electrons.